The Kier molecular flexibility index (Phi) is 7.37. The monoisotopic (exact) mass is 512 g/mol. The number of fused-ring (bicyclic) bond motifs is 1. The highest BCUT2D eigenvalue weighted by atomic mass is 16.5. The maximum Gasteiger partial charge on any atom is 0.257 e. The summed E-state index contributed by atoms with van der Waals surface area (Å²) in [6, 6.07) is 15.6. The summed E-state index contributed by atoms with van der Waals surface area (Å²) in [6.45, 7) is 7.82. The van der Waals surface area contributed by atoms with Gasteiger partial charge in [0.05, 0.1) is 25.1 Å². The van der Waals surface area contributed by atoms with Crippen LogP contribution in [-0.4, -0.2) is 45.8 Å². The number of hydrogen-bond acceptors (Lipinski definition) is 7. The van der Waals surface area contributed by atoms with Gasteiger partial charge in [-0.2, -0.15) is 5.10 Å². The van der Waals surface area contributed by atoms with E-state index in [-0.39, 0.29) is 17.9 Å². The fraction of sp³-hybridized carbons (Fsp3) is 0.310. The SMILES string of the molecule is CC(C)(C)CNC(=O)COc1cccc(-c2nc3c(c(Nc4ccc(-c5cn[nH]c5)cc4)n2)COCC3)c1. The highest BCUT2D eigenvalue weighted by Gasteiger charge is 2.20. The molecule has 9 heteroatoms. The first-order chi connectivity index (χ1) is 18.3. The molecule has 0 saturated carbocycles. The molecule has 2 aromatic carbocycles. The molecule has 9 nitrogen and oxygen atoms in total. The molecule has 0 unspecified atom stereocenters. The highest BCUT2D eigenvalue weighted by molar-refractivity contribution is 5.77. The van der Waals surface area contributed by atoms with Crippen molar-refractivity contribution in [1.29, 1.82) is 0 Å². The quantitative estimate of drug-likeness (QED) is 0.308. The Bertz CT molecular complexity index is 1400. The summed E-state index contributed by atoms with van der Waals surface area (Å²) in [7, 11) is 0. The third-order valence-corrected chi connectivity index (χ3v) is 6.08. The number of nitrogens with one attached hydrogen (secondary N) is 3. The average molecular weight is 513 g/mol. The number of ether oxygens (including phenoxy) is 2. The first-order valence-corrected chi connectivity index (χ1v) is 12.7. The molecule has 0 radical (unpaired) electrons. The highest BCUT2D eigenvalue weighted by Crippen LogP contribution is 2.30. The number of nitrogens with zero attached hydrogens (tertiary/aromatic N) is 3. The number of H-pyrrole nitrogens is 1. The van der Waals surface area contributed by atoms with Crippen molar-refractivity contribution in [1.82, 2.24) is 25.5 Å². The lowest BCUT2D eigenvalue weighted by Crippen LogP contribution is -2.35. The van der Waals surface area contributed by atoms with Crippen LogP contribution in [0.4, 0.5) is 11.5 Å². The first-order valence-electron chi connectivity index (χ1n) is 12.7. The molecule has 1 aliphatic heterocycles. The third-order valence-electron chi connectivity index (χ3n) is 6.08. The molecule has 3 heterocycles. The van der Waals surface area contributed by atoms with Crippen molar-refractivity contribution in [3.63, 3.8) is 0 Å². The van der Waals surface area contributed by atoms with Crippen molar-refractivity contribution in [2.75, 3.05) is 25.1 Å². The summed E-state index contributed by atoms with van der Waals surface area (Å²) in [5.74, 6) is 1.74. The van der Waals surface area contributed by atoms with Crippen LogP contribution in [0.5, 0.6) is 5.75 Å². The molecule has 5 rings (SSSR count). The predicted molar refractivity (Wildman–Crippen MR) is 146 cm³/mol. The zero-order valence-corrected chi connectivity index (χ0v) is 21.9. The van der Waals surface area contributed by atoms with E-state index in [0.29, 0.717) is 43.6 Å². The van der Waals surface area contributed by atoms with E-state index in [4.69, 9.17) is 19.4 Å². The molecule has 0 atom stereocenters. The Morgan fingerprint density at radius 1 is 1.08 bits per heavy atom. The van der Waals surface area contributed by atoms with E-state index < -0.39 is 0 Å². The lowest BCUT2D eigenvalue weighted by Gasteiger charge is -2.20. The van der Waals surface area contributed by atoms with Crippen molar-refractivity contribution in [2.24, 2.45) is 5.41 Å². The number of carbonyl (C=O) groups is 1. The van der Waals surface area contributed by atoms with Crippen LogP contribution in [-0.2, 0) is 22.6 Å². The van der Waals surface area contributed by atoms with E-state index in [1.165, 1.54) is 0 Å². The Hall–Kier alpha value is -4.24. The van der Waals surface area contributed by atoms with Crippen molar-refractivity contribution in [3.05, 3.63) is 72.2 Å². The number of carbonyl (C=O) groups excluding carboxylic acids is 1. The molecule has 4 aromatic rings. The Balaban J connectivity index is 1.35. The number of hydrogen-bond donors (Lipinski definition) is 3. The fourth-order valence-electron chi connectivity index (χ4n) is 4.04. The molecule has 2 aromatic heterocycles. The Morgan fingerprint density at radius 3 is 2.68 bits per heavy atom. The summed E-state index contributed by atoms with van der Waals surface area (Å²) < 4.78 is 11.5. The van der Waals surface area contributed by atoms with Crippen molar-refractivity contribution in [3.8, 4) is 28.3 Å². The van der Waals surface area contributed by atoms with Gasteiger partial charge in [0.25, 0.3) is 5.91 Å². The molecule has 3 N–H and O–H groups in total. The summed E-state index contributed by atoms with van der Waals surface area (Å²) in [4.78, 5) is 21.9. The molecular formula is C29H32N6O3. The topological polar surface area (TPSA) is 114 Å². The summed E-state index contributed by atoms with van der Waals surface area (Å²) in [6.07, 6.45) is 4.37. The van der Waals surface area contributed by atoms with E-state index in [2.05, 4.69) is 41.6 Å². The zero-order valence-electron chi connectivity index (χ0n) is 21.9. The number of rotatable bonds is 8. The number of aromatic nitrogens is 4. The van der Waals surface area contributed by atoms with E-state index >= 15 is 0 Å². The summed E-state index contributed by atoms with van der Waals surface area (Å²) >= 11 is 0. The van der Waals surface area contributed by atoms with Crippen LogP contribution >= 0.6 is 0 Å². The smallest absolute Gasteiger partial charge is 0.257 e. The van der Waals surface area contributed by atoms with Crippen LogP contribution in [0.2, 0.25) is 0 Å². The summed E-state index contributed by atoms with van der Waals surface area (Å²) in [5, 5.41) is 13.2. The van der Waals surface area contributed by atoms with Crippen molar-refractivity contribution < 1.29 is 14.3 Å². The fourth-order valence-corrected chi connectivity index (χ4v) is 4.04. The average Bonchev–Trinajstić information content (AvgIpc) is 3.46. The van der Waals surface area contributed by atoms with Gasteiger partial charge in [0.1, 0.15) is 11.6 Å². The second-order valence-corrected chi connectivity index (χ2v) is 10.5. The largest absolute Gasteiger partial charge is 0.484 e. The number of benzene rings is 2. The number of aromatic amines is 1. The molecule has 0 fully saturated rings. The Morgan fingerprint density at radius 2 is 1.92 bits per heavy atom. The van der Waals surface area contributed by atoms with Gasteiger partial charge in [0.2, 0.25) is 0 Å². The van der Waals surface area contributed by atoms with Gasteiger partial charge in [0, 0.05) is 41.5 Å². The van der Waals surface area contributed by atoms with Gasteiger partial charge in [-0.3, -0.25) is 9.89 Å². The van der Waals surface area contributed by atoms with Gasteiger partial charge < -0.3 is 20.1 Å². The van der Waals surface area contributed by atoms with E-state index in [1.54, 1.807) is 6.20 Å². The molecule has 0 saturated heterocycles. The molecule has 1 aliphatic rings. The summed E-state index contributed by atoms with van der Waals surface area (Å²) in [5.41, 5.74) is 5.76. The lowest BCUT2D eigenvalue weighted by atomic mass is 9.97. The van der Waals surface area contributed by atoms with Gasteiger partial charge in [-0.05, 0) is 35.2 Å². The minimum absolute atomic E-state index is 0.0119. The van der Waals surface area contributed by atoms with Crippen LogP contribution in [0.15, 0.2) is 60.9 Å². The van der Waals surface area contributed by atoms with E-state index in [1.807, 2.05) is 54.7 Å². The van der Waals surface area contributed by atoms with Gasteiger partial charge in [0.15, 0.2) is 12.4 Å². The van der Waals surface area contributed by atoms with E-state index in [0.717, 1.165) is 33.6 Å². The molecule has 0 aliphatic carbocycles. The van der Waals surface area contributed by atoms with E-state index in [9.17, 15) is 4.79 Å². The molecule has 0 bridgehead atoms. The maximum atomic E-state index is 12.2. The molecule has 38 heavy (non-hydrogen) atoms. The first kappa shape index (κ1) is 25.4. The normalized spacial score (nSPS) is 13.0. The number of amides is 1. The molecule has 196 valence electrons. The minimum Gasteiger partial charge on any atom is -0.484 e. The van der Waals surface area contributed by atoms with Crippen molar-refractivity contribution >= 4 is 17.4 Å². The van der Waals surface area contributed by atoms with Crippen molar-refractivity contribution in [2.45, 2.75) is 33.8 Å². The van der Waals surface area contributed by atoms with Crippen LogP contribution in [0.3, 0.4) is 0 Å². The zero-order chi connectivity index (χ0) is 26.5. The van der Waals surface area contributed by atoms with Gasteiger partial charge in [-0.25, -0.2) is 9.97 Å². The lowest BCUT2D eigenvalue weighted by molar-refractivity contribution is -0.123. The molecule has 1 amide bonds. The molecule has 0 spiro atoms. The van der Waals surface area contributed by atoms with Crippen LogP contribution < -0.4 is 15.4 Å². The second-order valence-electron chi connectivity index (χ2n) is 10.5. The van der Waals surface area contributed by atoms with Gasteiger partial charge in [-0.1, -0.05) is 45.0 Å². The van der Waals surface area contributed by atoms with Gasteiger partial charge in [-0.15, -0.1) is 0 Å². The van der Waals surface area contributed by atoms with Crippen LogP contribution in [0.25, 0.3) is 22.5 Å². The predicted octanol–water partition coefficient (Wildman–Crippen LogP) is 4.89. The third kappa shape index (κ3) is 6.36. The standard InChI is InChI=1S/C29H32N6O3/c1-29(2,3)18-30-26(36)17-38-23-6-4-5-20(13-23)27-34-25-11-12-37-16-24(25)28(35-27)33-22-9-7-19(8-10-22)21-14-31-32-15-21/h4-10,13-15H,11-12,16-18H2,1-3H3,(H,30,36)(H,31,32)(H,33,34,35). The van der Waals surface area contributed by atoms with Crippen LogP contribution in [0.1, 0.15) is 32.0 Å². The van der Waals surface area contributed by atoms with Gasteiger partial charge >= 0.3 is 0 Å². The maximum absolute atomic E-state index is 12.2. The van der Waals surface area contributed by atoms with Crippen LogP contribution in [0, 0.1) is 5.41 Å². The Labute approximate surface area is 222 Å². The minimum atomic E-state index is -0.152. The number of anilines is 2. The molecular weight excluding hydrogens is 480 g/mol. The second kappa shape index (κ2) is 11.0.